The lowest BCUT2D eigenvalue weighted by Crippen LogP contribution is -2.05. The molecule has 0 bridgehead atoms. The third-order valence-electron chi connectivity index (χ3n) is 28.6. The SMILES string of the molecule is CCCCCCCCCCC(CCCCCCCC)Cc1csc(-c2cc(F)c(-c3cc(CC(CCCCCCCC)CCCCCCCCCC)c(-c4ccc(-c5ccc(-c6sc(-c7c(F)cc(-c8cc(CC(CCCCCCCC)CCCCCCCCCC)cs8)c8nsnc78)cc6CC(CCCCCCCC)CCCCCCCCCC)s5)s4)s3)c3nsnc23)c1. The molecule has 8 aromatic heterocycles. The molecule has 10 rings (SSSR count). The van der Waals surface area contributed by atoms with Gasteiger partial charge in [0.2, 0.25) is 0 Å². The Kier molecular flexibility index (Phi) is 54.1. The van der Waals surface area contributed by atoms with E-state index in [9.17, 15) is 0 Å². The van der Waals surface area contributed by atoms with Gasteiger partial charge in [-0.1, -0.05) is 466 Å². The topological polar surface area (TPSA) is 51.6 Å². The molecule has 0 saturated heterocycles. The van der Waals surface area contributed by atoms with Crippen LogP contribution in [0, 0.1) is 35.3 Å². The van der Waals surface area contributed by atoms with Crippen LogP contribution in [0.25, 0.3) is 93.1 Å². The molecule has 0 amide bonds. The molecule has 0 aliphatic rings. The summed E-state index contributed by atoms with van der Waals surface area (Å²) in [4.78, 5) is 11.7. The van der Waals surface area contributed by atoms with Crippen molar-refractivity contribution in [3.63, 3.8) is 0 Å². The Bertz CT molecular complexity index is 4290. The molecule has 722 valence electrons. The number of nitrogens with zero attached hydrogens (tertiary/aromatic N) is 4. The first-order valence-electron chi connectivity index (χ1n) is 54.6. The van der Waals surface area contributed by atoms with Crippen molar-refractivity contribution < 1.29 is 8.78 Å². The van der Waals surface area contributed by atoms with Crippen molar-refractivity contribution in [3.8, 4) is 71.0 Å². The van der Waals surface area contributed by atoms with Crippen LogP contribution in [0.15, 0.2) is 71.4 Å². The molecule has 130 heavy (non-hydrogen) atoms. The van der Waals surface area contributed by atoms with Gasteiger partial charge in [-0.25, -0.2) is 8.78 Å². The van der Waals surface area contributed by atoms with Gasteiger partial charge in [0.05, 0.1) is 34.6 Å². The zero-order valence-electron chi connectivity index (χ0n) is 83.1. The standard InChI is InChI=1S/C116H176F2N4S8/c1-9-17-25-33-41-45-53-59-67-89(65-57-49-37-29-21-13-5)77-93-81-105(123-87-93)97-85-99(117)109(113-111(97)119-129-121-113)107-83-95(79-91(69-61-51-39-31-23-15-7)71-63-55-47-43-35-27-19-11-3)115(127-107)103-75-73-101(125-103)102-74-76-104(126-102)116-96(80-92(70-62-52-40-32-24-16-8)72-64-56-48-44-36-28-20-12-4)84-108(128-116)110-100(118)86-98(112-114(110)122-130-120-112)106-82-94(88-124-106)78-90(66-58-50-38-30-22-14-6)68-60-54-46-42-34-26-18-10-2/h73-76,81-92H,9-72,77-80H2,1-8H3. The van der Waals surface area contributed by atoms with Gasteiger partial charge in [-0.3, -0.25) is 0 Å². The molecule has 0 saturated carbocycles. The van der Waals surface area contributed by atoms with Crippen molar-refractivity contribution in [3.05, 3.63) is 105 Å². The van der Waals surface area contributed by atoms with E-state index in [0.29, 0.717) is 45.8 Å². The average Bonchev–Trinajstić information content (AvgIpc) is 1.61. The van der Waals surface area contributed by atoms with Crippen molar-refractivity contribution >= 4 is 114 Å². The highest BCUT2D eigenvalue weighted by Gasteiger charge is 2.29. The largest absolute Gasteiger partial charge is 0.206 e. The number of fused-ring (bicyclic) bond motifs is 2. The first kappa shape index (κ1) is 108. The molecule has 0 radical (unpaired) electrons. The van der Waals surface area contributed by atoms with Crippen LogP contribution in [-0.4, -0.2) is 17.5 Å². The summed E-state index contributed by atoms with van der Waals surface area (Å²) in [6.07, 6.45) is 88.8. The second-order valence-electron chi connectivity index (χ2n) is 39.9. The van der Waals surface area contributed by atoms with Crippen LogP contribution in [0.3, 0.4) is 0 Å². The Morgan fingerprint density at radius 3 is 0.723 bits per heavy atom. The summed E-state index contributed by atoms with van der Waals surface area (Å²) in [6, 6.07) is 22.7. The normalized spacial score (nSPS) is 13.0. The van der Waals surface area contributed by atoms with Crippen LogP contribution in [0.5, 0.6) is 0 Å². The van der Waals surface area contributed by atoms with Crippen LogP contribution in [0.2, 0.25) is 0 Å². The third kappa shape index (κ3) is 37.5. The van der Waals surface area contributed by atoms with Crippen molar-refractivity contribution in [1.82, 2.24) is 17.5 Å². The first-order valence-corrected chi connectivity index (χ1v) is 61.1. The molecule has 10 aromatic rings. The molecule has 4 nitrogen and oxygen atoms in total. The minimum absolute atomic E-state index is 0.195. The van der Waals surface area contributed by atoms with Crippen molar-refractivity contribution in [2.45, 2.75) is 492 Å². The lowest BCUT2D eigenvalue weighted by Gasteiger charge is -2.17. The number of unbranched alkanes of at least 4 members (excludes halogenated alkanes) is 48. The van der Waals surface area contributed by atoms with Gasteiger partial charge in [-0.2, -0.15) is 17.5 Å². The number of rotatable bonds is 79. The average molecular weight is 1920 g/mol. The summed E-state index contributed by atoms with van der Waals surface area (Å²) in [5.74, 6) is 2.06. The van der Waals surface area contributed by atoms with Gasteiger partial charge in [-0.15, -0.1) is 68.0 Å². The molecular weight excluding hydrogens is 1740 g/mol. The highest BCUT2D eigenvalue weighted by Crippen LogP contribution is 2.52. The van der Waals surface area contributed by atoms with Gasteiger partial charge >= 0.3 is 0 Å². The smallest absolute Gasteiger partial charge is 0.134 e. The van der Waals surface area contributed by atoms with Gasteiger partial charge < -0.3 is 0 Å². The van der Waals surface area contributed by atoms with Gasteiger partial charge in [0, 0.05) is 59.9 Å². The summed E-state index contributed by atoms with van der Waals surface area (Å²) in [5.41, 5.74) is 11.5. The summed E-state index contributed by atoms with van der Waals surface area (Å²) >= 11 is 13.4. The highest BCUT2D eigenvalue weighted by atomic mass is 32.1. The maximum atomic E-state index is 18.1. The molecule has 0 fully saturated rings. The molecule has 4 unspecified atom stereocenters. The zero-order chi connectivity index (χ0) is 91.2. The van der Waals surface area contributed by atoms with E-state index in [2.05, 4.69) is 115 Å². The van der Waals surface area contributed by atoms with E-state index in [1.54, 1.807) is 45.3 Å². The number of hydrogen-bond acceptors (Lipinski definition) is 12. The number of benzene rings is 2. The summed E-state index contributed by atoms with van der Waals surface area (Å²) in [6.45, 7) is 18.6. The molecular formula is C116H176F2N4S8. The van der Waals surface area contributed by atoms with E-state index in [1.807, 2.05) is 34.8 Å². The zero-order valence-corrected chi connectivity index (χ0v) is 89.7. The number of hydrogen-bond donors (Lipinski definition) is 0. The summed E-state index contributed by atoms with van der Waals surface area (Å²) < 4.78 is 56.4. The van der Waals surface area contributed by atoms with Crippen LogP contribution in [-0.2, 0) is 25.7 Å². The molecule has 0 aliphatic heterocycles. The van der Waals surface area contributed by atoms with Crippen LogP contribution in [0.4, 0.5) is 8.78 Å². The van der Waals surface area contributed by atoms with E-state index < -0.39 is 0 Å². The molecule has 0 N–H and O–H groups in total. The van der Waals surface area contributed by atoms with E-state index in [1.165, 1.54) is 486 Å². The third-order valence-corrected chi connectivity index (χ3v) is 36.8. The van der Waals surface area contributed by atoms with Gasteiger partial charge in [0.25, 0.3) is 0 Å². The van der Waals surface area contributed by atoms with Crippen LogP contribution < -0.4 is 0 Å². The maximum Gasteiger partial charge on any atom is 0.134 e. The molecule has 0 spiro atoms. The van der Waals surface area contributed by atoms with E-state index >= 15 is 8.78 Å². The maximum absolute atomic E-state index is 18.1. The highest BCUT2D eigenvalue weighted by molar-refractivity contribution is 7.29. The Balaban J connectivity index is 0.975. The molecule has 2 aromatic carbocycles. The number of thiophene rings is 6. The van der Waals surface area contributed by atoms with Crippen LogP contribution in [0.1, 0.15) is 489 Å². The Morgan fingerprint density at radius 1 is 0.231 bits per heavy atom. The minimum atomic E-state index is -0.195. The monoisotopic (exact) mass is 1920 g/mol. The van der Waals surface area contributed by atoms with Crippen molar-refractivity contribution in [2.75, 3.05) is 0 Å². The van der Waals surface area contributed by atoms with E-state index in [0.717, 1.165) is 67.4 Å². The van der Waals surface area contributed by atoms with Crippen molar-refractivity contribution in [1.29, 1.82) is 0 Å². The van der Waals surface area contributed by atoms with Gasteiger partial charge in [-0.05, 0) is 143 Å². The summed E-state index contributed by atoms with van der Waals surface area (Å²) in [5, 5.41) is 4.75. The Hall–Kier alpha value is -3.86. The summed E-state index contributed by atoms with van der Waals surface area (Å²) in [7, 11) is 0. The minimum Gasteiger partial charge on any atom is -0.206 e. The molecule has 8 heterocycles. The van der Waals surface area contributed by atoms with Gasteiger partial charge in [0.15, 0.2) is 0 Å². The first-order chi connectivity index (χ1) is 64.1. The van der Waals surface area contributed by atoms with Crippen molar-refractivity contribution in [2.24, 2.45) is 23.7 Å². The number of halogens is 2. The predicted molar refractivity (Wildman–Crippen MR) is 583 cm³/mol. The fraction of sp³-hybridized carbons (Fsp3) is 0.690. The number of aromatic nitrogens is 4. The predicted octanol–water partition coefficient (Wildman–Crippen LogP) is 43.8. The second kappa shape index (κ2) is 65.1. The Labute approximate surface area is 824 Å². The quantitative estimate of drug-likeness (QED) is 0.0357. The lowest BCUT2D eigenvalue weighted by molar-refractivity contribution is 0.400. The van der Waals surface area contributed by atoms with E-state index in [-0.39, 0.29) is 11.6 Å². The Morgan fingerprint density at radius 2 is 0.462 bits per heavy atom. The fourth-order valence-electron chi connectivity index (χ4n) is 20.7. The van der Waals surface area contributed by atoms with Crippen LogP contribution >= 0.6 is 91.5 Å². The fourth-order valence-corrected chi connectivity index (χ4v) is 28.6. The molecule has 0 aliphatic carbocycles. The lowest BCUT2D eigenvalue weighted by atomic mass is 9.88. The molecule has 4 atom stereocenters. The second-order valence-corrected chi connectivity index (χ2v) is 47.1. The van der Waals surface area contributed by atoms with Gasteiger partial charge in [0.1, 0.15) is 33.7 Å². The van der Waals surface area contributed by atoms with E-state index in [4.69, 9.17) is 17.5 Å². The molecule has 14 heteroatoms.